The molecule has 4 unspecified atom stereocenters. The molecule has 0 radical (unpaired) electrons. The minimum atomic E-state index is -0.870. The standard InChI is InChI=1S/C15H19N3O3/c1-2-18-8-9(7-17-18)6-16-14(19)12-10-3-4-11(5-10)13(12)15(20)21/h3-4,7-8,10-13H,2,5-6H2,1H3,(H,16,19)(H,20,21). The highest BCUT2D eigenvalue weighted by Gasteiger charge is 2.51. The molecular formula is C15H19N3O3. The van der Waals surface area contributed by atoms with Gasteiger partial charge in [0.15, 0.2) is 0 Å². The molecule has 0 saturated heterocycles. The molecule has 1 aromatic rings. The Morgan fingerprint density at radius 3 is 2.71 bits per heavy atom. The van der Waals surface area contributed by atoms with E-state index < -0.39 is 17.8 Å². The fraction of sp³-hybridized carbons (Fsp3) is 0.533. The molecule has 112 valence electrons. The van der Waals surface area contributed by atoms with Gasteiger partial charge in [0.25, 0.3) is 0 Å². The maximum Gasteiger partial charge on any atom is 0.307 e. The number of fused-ring (bicyclic) bond motifs is 2. The molecule has 2 N–H and O–H groups in total. The number of carbonyl (C=O) groups excluding carboxylic acids is 1. The van der Waals surface area contributed by atoms with Crippen molar-refractivity contribution in [3.63, 3.8) is 0 Å². The number of hydrogen-bond acceptors (Lipinski definition) is 3. The van der Waals surface area contributed by atoms with Crippen LogP contribution >= 0.6 is 0 Å². The number of carbonyl (C=O) groups is 2. The van der Waals surface area contributed by atoms with Gasteiger partial charge in [-0.1, -0.05) is 12.2 Å². The highest BCUT2D eigenvalue weighted by atomic mass is 16.4. The molecule has 21 heavy (non-hydrogen) atoms. The second-order valence-electron chi connectivity index (χ2n) is 5.76. The Bertz CT molecular complexity index is 593. The summed E-state index contributed by atoms with van der Waals surface area (Å²) in [4.78, 5) is 23.8. The zero-order valence-electron chi connectivity index (χ0n) is 11.9. The Labute approximate surface area is 122 Å². The first-order valence-corrected chi connectivity index (χ1v) is 7.30. The second-order valence-corrected chi connectivity index (χ2v) is 5.76. The van der Waals surface area contributed by atoms with Crippen LogP contribution in [0.3, 0.4) is 0 Å². The molecule has 1 amide bonds. The Kier molecular flexibility index (Phi) is 3.53. The minimum absolute atomic E-state index is 0.00564. The van der Waals surface area contributed by atoms with Crippen LogP contribution in [0, 0.1) is 23.7 Å². The summed E-state index contributed by atoms with van der Waals surface area (Å²) in [7, 11) is 0. The number of carboxylic acids is 1. The lowest BCUT2D eigenvalue weighted by Gasteiger charge is -2.23. The number of aryl methyl sites for hydroxylation is 1. The summed E-state index contributed by atoms with van der Waals surface area (Å²) in [6.45, 7) is 3.17. The molecule has 6 nitrogen and oxygen atoms in total. The lowest BCUT2D eigenvalue weighted by Crippen LogP contribution is -2.39. The van der Waals surface area contributed by atoms with Crippen LogP contribution in [0.1, 0.15) is 18.9 Å². The number of rotatable bonds is 5. The number of carboxylic acid groups (broad SMARTS) is 1. The van der Waals surface area contributed by atoms with E-state index in [0.717, 1.165) is 18.5 Å². The third-order valence-corrected chi connectivity index (χ3v) is 4.52. The van der Waals surface area contributed by atoms with Crippen molar-refractivity contribution >= 4 is 11.9 Å². The number of nitrogens with zero attached hydrogens (tertiary/aromatic N) is 2. The van der Waals surface area contributed by atoms with E-state index in [1.165, 1.54) is 0 Å². The number of aliphatic carboxylic acids is 1. The molecule has 4 atom stereocenters. The molecular weight excluding hydrogens is 270 g/mol. The molecule has 2 bridgehead atoms. The van der Waals surface area contributed by atoms with Gasteiger partial charge in [0.2, 0.25) is 5.91 Å². The molecule has 6 heteroatoms. The fourth-order valence-electron chi connectivity index (χ4n) is 3.49. The van der Waals surface area contributed by atoms with Gasteiger partial charge in [-0.2, -0.15) is 5.10 Å². The van der Waals surface area contributed by atoms with Crippen LogP contribution < -0.4 is 5.32 Å². The molecule has 1 saturated carbocycles. The lowest BCUT2D eigenvalue weighted by molar-refractivity contribution is -0.147. The molecule has 0 aromatic carbocycles. The number of hydrogen-bond donors (Lipinski definition) is 2. The van der Waals surface area contributed by atoms with Crippen LogP contribution in [-0.2, 0) is 22.7 Å². The lowest BCUT2D eigenvalue weighted by atomic mass is 9.82. The molecule has 2 aliphatic carbocycles. The van der Waals surface area contributed by atoms with Crippen LogP contribution in [0.25, 0.3) is 0 Å². The summed E-state index contributed by atoms with van der Waals surface area (Å²) in [5, 5.41) is 16.4. The molecule has 0 aliphatic heterocycles. The van der Waals surface area contributed by atoms with Crippen LogP contribution in [0.15, 0.2) is 24.5 Å². The summed E-state index contributed by atoms with van der Waals surface area (Å²) in [6, 6.07) is 0. The summed E-state index contributed by atoms with van der Waals surface area (Å²) in [6.07, 6.45) is 8.32. The minimum Gasteiger partial charge on any atom is -0.481 e. The monoisotopic (exact) mass is 289 g/mol. The van der Waals surface area contributed by atoms with Gasteiger partial charge in [0.05, 0.1) is 18.0 Å². The van der Waals surface area contributed by atoms with Gasteiger partial charge >= 0.3 is 5.97 Å². The van der Waals surface area contributed by atoms with Gasteiger partial charge in [-0.25, -0.2) is 0 Å². The number of nitrogens with one attached hydrogen (secondary N) is 1. The van der Waals surface area contributed by atoms with Gasteiger partial charge in [-0.3, -0.25) is 14.3 Å². The van der Waals surface area contributed by atoms with Crippen LogP contribution in [-0.4, -0.2) is 26.8 Å². The topological polar surface area (TPSA) is 84.2 Å². The van der Waals surface area contributed by atoms with E-state index in [-0.39, 0.29) is 17.7 Å². The average molecular weight is 289 g/mol. The van der Waals surface area contributed by atoms with E-state index in [9.17, 15) is 14.7 Å². The quantitative estimate of drug-likeness (QED) is 0.793. The number of amides is 1. The average Bonchev–Trinajstić information content (AvgIpc) is 3.18. The first-order valence-electron chi connectivity index (χ1n) is 7.30. The number of aromatic nitrogens is 2. The third-order valence-electron chi connectivity index (χ3n) is 4.52. The van der Waals surface area contributed by atoms with Crippen LogP contribution in [0.2, 0.25) is 0 Å². The Balaban J connectivity index is 1.65. The fourth-order valence-corrected chi connectivity index (χ4v) is 3.49. The SMILES string of the molecule is CCn1cc(CNC(=O)C2C3C=CC(C3)C2C(=O)O)cn1. The highest BCUT2D eigenvalue weighted by Crippen LogP contribution is 2.48. The summed E-state index contributed by atoms with van der Waals surface area (Å²) >= 11 is 0. The van der Waals surface area contributed by atoms with Gasteiger partial charge < -0.3 is 10.4 Å². The Hall–Kier alpha value is -2.11. The Morgan fingerprint density at radius 2 is 2.10 bits per heavy atom. The predicted molar refractivity (Wildman–Crippen MR) is 75.1 cm³/mol. The van der Waals surface area contributed by atoms with Crippen molar-refractivity contribution in [1.82, 2.24) is 15.1 Å². The maximum atomic E-state index is 12.4. The van der Waals surface area contributed by atoms with E-state index in [1.807, 2.05) is 25.3 Å². The second kappa shape index (κ2) is 5.35. The van der Waals surface area contributed by atoms with Crippen molar-refractivity contribution in [3.8, 4) is 0 Å². The van der Waals surface area contributed by atoms with Crippen LogP contribution in [0.4, 0.5) is 0 Å². The molecule has 1 fully saturated rings. The Morgan fingerprint density at radius 1 is 1.38 bits per heavy atom. The number of allylic oxidation sites excluding steroid dienone is 2. The normalized spacial score (nSPS) is 29.8. The summed E-state index contributed by atoms with van der Waals surface area (Å²) < 4.78 is 1.79. The van der Waals surface area contributed by atoms with Gasteiger partial charge in [-0.05, 0) is 25.2 Å². The van der Waals surface area contributed by atoms with Gasteiger partial charge in [-0.15, -0.1) is 0 Å². The summed E-state index contributed by atoms with van der Waals surface area (Å²) in [5.74, 6) is -1.99. The molecule has 2 aliphatic rings. The highest BCUT2D eigenvalue weighted by molar-refractivity contribution is 5.86. The molecule has 1 aromatic heterocycles. The van der Waals surface area contributed by atoms with Crippen molar-refractivity contribution in [2.24, 2.45) is 23.7 Å². The van der Waals surface area contributed by atoms with Crippen molar-refractivity contribution in [3.05, 3.63) is 30.1 Å². The third kappa shape index (κ3) is 2.46. The zero-order chi connectivity index (χ0) is 15.0. The molecule has 1 heterocycles. The van der Waals surface area contributed by atoms with E-state index in [1.54, 1.807) is 10.9 Å². The predicted octanol–water partition coefficient (Wildman–Crippen LogP) is 1.04. The van der Waals surface area contributed by atoms with Gasteiger partial charge in [0.1, 0.15) is 0 Å². The van der Waals surface area contributed by atoms with E-state index in [0.29, 0.717) is 6.54 Å². The van der Waals surface area contributed by atoms with Crippen molar-refractivity contribution in [2.45, 2.75) is 26.4 Å². The van der Waals surface area contributed by atoms with Crippen molar-refractivity contribution in [2.75, 3.05) is 0 Å². The zero-order valence-corrected chi connectivity index (χ0v) is 11.9. The smallest absolute Gasteiger partial charge is 0.307 e. The molecule has 3 rings (SSSR count). The molecule has 0 spiro atoms. The first-order chi connectivity index (χ1) is 10.1. The van der Waals surface area contributed by atoms with Crippen LogP contribution in [0.5, 0.6) is 0 Å². The maximum absolute atomic E-state index is 12.4. The van der Waals surface area contributed by atoms with Crippen molar-refractivity contribution < 1.29 is 14.7 Å². The van der Waals surface area contributed by atoms with E-state index in [2.05, 4.69) is 10.4 Å². The van der Waals surface area contributed by atoms with Gasteiger partial charge in [0, 0.05) is 24.8 Å². The first kappa shape index (κ1) is 13.9. The van der Waals surface area contributed by atoms with E-state index >= 15 is 0 Å². The van der Waals surface area contributed by atoms with E-state index in [4.69, 9.17) is 0 Å². The largest absolute Gasteiger partial charge is 0.481 e. The summed E-state index contributed by atoms with van der Waals surface area (Å²) in [5.41, 5.74) is 0.927. The van der Waals surface area contributed by atoms with Crippen molar-refractivity contribution in [1.29, 1.82) is 0 Å².